The summed E-state index contributed by atoms with van der Waals surface area (Å²) in [7, 11) is 0. The van der Waals surface area contributed by atoms with Crippen LogP contribution in [0.25, 0.3) is 84.3 Å². The second-order valence-electron chi connectivity index (χ2n) is 13.3. The first-order chi connectivity index (χ1) is 27.2. The van der Waals surface area contributed by atoms with Crippen molar-refractivity contribution in [1.82, 2.24) is 24.5 Å². The highest BCUT2D eigenvalue weighted by Gasteiger charge is 2.17. The van der Waals surface area contributed by atoms with Gasteiger partial charge in [0.2, 0.25) is 0 Å². The molecule has 6 nitrogen and oxygen atoms in total. The Labute approximate surface area is 319 Å². The summed E-state index contributed by atoms with van der Waals surface area (Å²) in [5, 5.41) is 10.4. The third-order valence-corrected chi connectivity index (χ3v) is 9.87. The quantitative estimate of drug-likeness (QED) is 0.157. The molecule has 0 fully saturated rings. The molecule has 0 amide bonds. The Morgan fingerprint density at radius 3 is 1.64 bits per heavy atom. The van der Waals surface area contributed by atoms with Gasteiger partial charge in [-0.05, 0) is 70.3 Å². The fourth-order valence-electron chi connectivity index (χ4n) is 7.22. The molecular formula is C49H34N6. The summed E-state index contributed by atoms with van der Waals surface area (Å²) < 4.78 is 2.23. The van der Waals surface area contributed by atoms with Crippen LogP contribution >= 0.6 is 0 Å². The van der Waals surface area contributed by atoms with E-state index < -0.39 is 0 Å². The van der Waals surface area contributed by atoms with Gasteiger partial charge in [-0.25, -0.2) is 19.9 Å². The molecule has 6 heteroatoms. The van der Waals surface area contributed by atoms with Gasteiger partial charge in [0.25, 0.3) is 0 Å². The van der Waals surface area contributed by atoms with Crippen molar-refractivity contribution in [2.24, 2.45) is 0 Å². The van der Waals surface area contributed by atoms with E-state index in [4.69, 9.17) is 19.9 Å². The van der Waals surface area contributed by atoms with Gasteiger partial charge in [-0.2, -0.15) is 5.26 Å². The average Bonchev–Trinajstić information content (AvgIpc) is 3.65. The van der Waals surface area contributed by atoms with Gasteiger partial charge in [0, 0.05) is 34.4 Å². The molecule has 0 saturated carbocycles. The van der Waals surface area contributed by atoms with E-state index in [2.05, 4.69) is 102 Å². The molecule has 0 aliphatic rings. The maximum atomic E-state index is 10.4. The van der Waals surface area contributed by atoms with Crippen molar-refractivity contribution in [1.29, 1.82) is 5.26 Å². The van der Waals surface area contributed by atoms with Crippen LogP contribution in [-0.4, -0.2) is 24.5 Å². The molecule has 0 radical (unpaired) electrons. The number of hydrogen-bond acceptors (Lipinski definition) is 5. The smallest absolute Gasteiger partial charge is 0.164 e. The maximum Gasteiger partial charge on any atom is 0.164 e. The van der Waals surface area contributed by atoms with Crippen molar-refractivity contribution in [3.8, 4) is 79.3 Å². The minimum absolute atomic E-state index is 0.598. The Morgan fingerprint density at radius 1 is 0.473 bits per heavy atom. The van der Waals surface area contributed by atoms with Crippen LogP contribution in [-0.2, 0) is 6.42 Å². The van der Waals surface area contributed by atoms with Gasteiger partial charge in [0.15, 0.2) is 17.5 Å². The molecule has 55 heavy (non-hydrogen) atoms. The normalized spacial score (nSPS) is 11.1. The van der Waals surface area contributed by atoms with Gasteiger partial charge in [-0.1, -0.05) is 140 Å². The molecule has 7 aromatic carbocycles. The number of nitriles is 1. The van der Waals surface area contributed by atoms with E-state index in [0.717, 1.165) is 79.0 Å². The summed E-state index contributed by atoms with van der Waals surface area (Å²) in [6, 6.07) is 61.9. The number of para-hydroxylation sites is 2. The molecule has 9 aromatic rings. The lowest BCUT2D eigenvalue weighted by molar-refractivity contribution is 0.908. The van der Waals surface area contributed by atoms with Gasteiger partial charge in [0.05, 0.1) is 22.7 Å². The summed E-state index contributed by atoms with van der Waals surface area (Å²) in [4.78, 5) is 19.6. The number of fused-ring (bicyclic) bond motifs is 1. The lowest BCUT2D eigenvalue weighted by Gasteiger charge is -2.15. The minimum atomic E-state index is 0.598. The third kappa shape index (κ3) is 6.45. The minimum Gasteiger partial charge on any atom is -0.296 e. The molecule has 2 aromatic heterocycles. The highest BCUT2D eigenvalue weighted by molar-refractivity contribution is 5.89. The molecule has 0 saturated heterocycles. The van der Waals surface area contributed by atoms with E-state index in [9.17, 15) is 5.26 Å². The molecule has 0 unspecified atom stereocenters. The number of aromatic nitrogens is 5. The first-order valence-electron chi connectivity index (χ1n) is 18.4. The average molecular weight is 707 g/mol. The van der Waals surface area contributed by atoms with E-state index in [0.29, 0.717) is 23.0 Å². The molecule has 2 heterocycles. The first-order valence-corrected chi connectivity index (χ1v) is 18.4. The standard InChI is InChI=1S/C49H34N6/c1-2-45-51-43-24-9-10-25-44(43)55(45)41-28-26-33(27-29-41)42-23-13-22-40(32-50)46(42)38-20-11-18-36(30-38)37-19-12-21-39(31-37)49-53-47(34-14-5-3-6-15-34)52-48(54-49)35-16-7-4-8-17-35/h3-31H,2H2,1H3. The predicted octanol–water partition coefficient (Wildman–Crippen LogP) is 11.6. The summed E-state index contributed by atoms with van der Waals surface area (Å²) in [5.41, 5.74) is 12.4. The SMILES string of the molecule is CCc1nc2ccccc2n1-c1ccc(-c2cccc(C#N)c2-c2cccc(-c3cccc(-c4nc(-c5ccccc5)nc(-c5ccccc5)n4)c3)c2)cc1. The second kappa shape index (κ2) is 14.5. The van der Waals surface area contributed by atoms with E-state index in [1.165, 1.54) is 0 Å². The molecule has 0 aliphatic carbocycles. The Balaban J connectivity index is 1.10. The maximum absolute atomic E-state index is 10.4. The number of nitrogens with zero attached hydrogens (tertiary/aromatic N) is 6. The number of benzene rings is 7. The van der Waals surface area contributed by atoms with Crippen LogP contribution in [0.5, 0.6) is 0 Å². The van der Waals surface area contributed by atoms with Crippen LogP contribution < -0.4 is 0 Å². The van der Waals surface area contributed by atoms with Crippen LogP contribution in [0.3, 0.4) is 0 Å². The summed E-state index contributed by atoms with van der Waals surface area (Å²) >= 11 is 0. The van der Waals surface area contributed by atoms with Gasteiger partial charge in [0.1, 0.15) is 5.82 Å². The Kier molecular flexibility index (Phi) is 8.79. The Morgan fingerprint density at radius 2 is 1.00 bits per heavy atom. The molecular weight excluding hydrogens is 673 g/mol. The number of imidazole rings is 1. The van der Waals surface area contributed by atoms with Crippen LogP contribution in [0, 0.1) is 11.3 Å². The number of hydrogen-bond donors (Lipinski definition) is 0. The topological polar surface area (TPSA) is 80.3 Å². The number of aryl methyl sites for hydroxylation is 1. The van der Waals surface area contributed by atoms with Crippen molar-refractivity contribution in [2.75, 3.05) is 0 Å². The zero-order valence-corrected chi connectivity index (χ0v) is 30.1. The van der Waals surface area contributed by atoms with Crippen molar-refractivity contribution in [2.45, 2.75) is 13.3 Å². The van der Waals surface area contributed by atoms with E-state index in [-0.39, 0.29) is 0 Å². The highest BCUT2D eigenvalue weighted by atomic mass is 15.1. The van der Waals surface area contributed by atoms with E-state index >= 15 is 0 Å². The van der Waals surface area contributed by atoms with Crippen molar-refractivity contribution in [3.05, 3.63) is 187 Å². The zero-order chi connectivity index (χ0) is 37.1. The lowest BCUT2D eigenvalue weighted by Crippen LogP contribution is -2.00. The Bertz CT molecular complexity index is 2790. The van der Waals surface area contributed by atoms with Gasteiger partial charge < -0.3 is 0 Å². The lowest BCUT2D eigenvalue weighted by atomic mass is 9.89. The molecule has 0 bridgehead atoms. The number of rotatable bonds is 8. The molecule has 9 rings (SSSR count). The summed E-state index contributed by atoms with van der Waals surface area (Å²) in [6.07, 6.45) is 0.822. The molecule has 260 valence electrons. The summed E-state index contributed by atoms with van der Waals surface area (Å²) in [5.74, 6) is 2.86. The monoisotopic (exact) mass is 706 g/mol. The van der Waals surface area contributed by atoms with Crippen molar-refractivity contribution < 1.29 is 0 Å². The fourth-order valence-corrected chi connectivity index (χ4v) is 7.22. The van der Waals surface area contributed by atoms with Gasteiger partial charge in [-0.15, -0.1) is 0 Å². The molecule has 0 spiro atoms. The van der Waals surface area contributed by atoms with Crippen molar-refractivity contribution in [3.63, 3.8) is 0 Å². The van der Waals surface area contributed by atoms with Gasteiger partial charge >= 0.3 is 0 Å². The van der Waals surface area contributed by atoms with E-state index in [1.807, 2.05) is 91.0 Å². The molecule has 0 N–H and O–H groups in total. The first kappa shape index (κ1) is 33.4. The van der Waals surface area contributed by atoms with Crippen LogP contribution in [0.2, 0.25) is 0 Å². The molecule has 0 aliphatic heterocycles. The largest absolute Gasteiger partial charge is 0.296 e. The van der Waals surface area contributed by atoms with Crippen LogP contribution in [0.1, 0.15) is 18.3 Å². The third-order valence-electron chi connectivity index (χ3n) is 9.87. The van der Waals surface area contributed by atoms with Crippen LogP contribution in [0.15, 0.2) is 176 Å². The Hall–Kier alpha value is -7.49. The second-order valence-corrected chi connectivity index (χ2v) is 13.3. The fraction of sp³-hybridized carbons (Fsp3) is 0.0408. The van der Waals surface area contributed by atoms with E-state index in [1.54, 1.807) is 0 Å². The summed E-state index contributed by atoms with van der Waals surface area (Å²) in [6.45, 7) is 2.13. The predicted molar refractivity (Wildman–Crippen MR) is 221 cm³/mol. The zero-order valence-electron chi connectivity index (χ0n) is 30.1. The molecule has 0 atom stereocenters. The highest BCUT2D eigenvalue weighted by Crippen LogP contribution is 2.38. The van der Waals surface area contributed by atoms with Gasteiger partial charge in [-0.3, -0.25) is 4.57 Å². The van der Waals surface area contributed by atoms with Crippen LogP contribution in [0.4, 0.5) is 0 Å². The van der Waals surface area contributed by atoms with Crippen molar-refractivity contribution >= 4 is 11.0 Å².